The minimum Gasteiger partial charge on any atom is -0.380 e. The first-order chi connectivity index (χ1) is 8.81. The Labute approximate surface area is 109 Å². The largest absolute Gasteiger partial charge is 0.380 e. The van der Waals surface area contributed by atoms with Crippen LogP contribution in [0.3, 0.4) is 0 Å². The van der Waals surface area contributed by atoms with Gasteiger partial charge in [0.25, 0.3) is 0 Å². The standard InChI is InChI=1S/C14H23N3O/c1-3-15-11-13-5-6-14(16-12(13)2)17-7-4-9-18-10-8-17/h5-6,15H,3-4,7-11H2,1-2H3. The molecule has 0 spiro atoms. The van der Waals surface area contributed by atoms with E-state index in [0.29, 0.717) is 0 Å². The lowest BCUT2D eigenvalue weighted by molar-refractivity contribution is 0.152. The van der Waals surface area contributed by atoms with E-state index in [0.717, 1.165) is 57.3 Å². The summed E-state index contributed by atoms with van der Waals surface area (Å²) >= 11 is 0. The number of rotatable bonds is 4. The van der Waals surface area contributed by atoms with Crippen LogP contribution in [0.4, 0.5) is 5.82 Å². The van der Waals surface area contributed by atoms with Gasteiger partial charge in [0.15, 0.2) is 0 Å². The number of aryl methyl sites for hydroxylation is 1. The third kappa shape index (κ3) is 3.43. The third-order valence-corrected chi connectivity index (χ3v) is 3.29. The second-order valence-corrected chi connectivity index (χ2v) is 4.65. The van der Waals surface area contributed by atoms with Crippen LogP contribution >= 0.6 is 0 Å². The molecule has 4 nitrogen and oxygen atoms in total. The van der Waals surface area contributed by atoms with E-state index in [9.17, 15) is 0 Å². The first kappa shape index (κ1) is 13.3. The summed E-state index contributed by atoms with van der Waals surface area (Å²) in [6.07, 6.45) is 1.08. The molecule has 2 heterocycles. The fourth-order valence-corrected chi connectivity index (χ4v) is 2.17. The highest BCUT2D eigenvalue weighted by molar-refractivity contribution is 5.41. The highest BCUT2D eigenvalue weighted by Gasteiger charge is 2.12. The zero-order chi connectivity index (χ0) is 12.8. The number of pyridine rings is 1. The number of hydrogen-bond acceptors (Lipinski definition) is 4. The van der Waals surface area contributed by atoms with Crippen LogP contribution < -0.4 is 10.2 Å². The summed E-state index contributed by atoms with van der Waals surface area (Å²) in [5, 5.41) is 3.34. The van der Waals surface area contributed by atoms with Crippen LogP contribution in [-0.2, 0) is 11.3 Å². The molecule has 4 heteroatoms. The molecular formula is C14H23N3O. The maximum Gasteiger partial charge on any atom is 0.128 e. The molecule has 1 aliphatic rings. The molecule has 0 unspecified atom stereocenters. The van der Waals surface area contributed by atoms with Crippen LogP contribution in [-0.4, -0.2) is 37.8 Å². The Morgan fingerprint density at radius 3 is 3.00 bits per heavy atom. The van der Waals surface area contributed by atoms with E-state index < -0.39 is 0 Å². The molecule has 0 aliphatic carbocycles. The molecule has 0 amide bonds. The monoisotopic (exact) mass is 249 g/mol. The summed E-state index contributed by atoms with van der Waals surface area (Å²) in [5.74, 6) is 1.08. The van der Waals surface area contributed by atoms with Gasteiger partial charge in [0.2, 0.25) is 0 Å². The maximum atomic E-state index is 5.47. The fourth-order valence-electron chi connectivity index (χ4n) is 2.17. The third-order valence-electron chi connectivity index (χ3n) is 3.29. The molecular weight excluding hydrogens is 226 g/mol. The molecule has 1 aliphatic heterocycles. The molecule has 100 valence electrons. The van der Waals surface area contributed by atoms with Crippen molar-refractivity contribution in [3.63, 3.8) is 0 Å². The van der Waals surface area contributed by atoms with E-state index in [1.807, 2.05) is 0 Å². The van der Waals surface area contributed by atoms with E-state index in [2.05, 4.69) is 36.2 Å². The van der Waals surface area contributed by atoms with Gasteiger partial charge in [-0.2, -0.15) is 0 Å². The quantitative estimate of drug-likeness (QED) is 0.882. The van der Waals surface area contributed by atoms with E-state index in [1.165, 1.54) is 5.56 Å². The minimum atomic E-state index is 0.805. The number of nitrogens with one attached hydrogen (secondary N) is 1. The fraction of sp³-hybridized carbons (Fsp3) is 0.643. The smallest absolute Gasteiger partial charge is 0.128 e. The zero-order valence-corrected chi connectivity index (χ0v) is 11.4. The second-order valence-electron chi connectivity index (χ2n) is 4.65. The number of anilines is 1. The summed E-state index contributed by atoms with van der Waals surface area (Å²) in [6, 6.07) is 4.32. The van der Waals surface area contributed by atoms with E-state index in [-0.39, 0.29) is 0 Å². The average molecular weight is 249 g/mol. The van der Waals surface area contributed by atoms with Crippen molar-refractivity contribution in [3.05, 3.63) is 23.4 Å². The lowest BCUT2D eigenvalue weighted by Crippen LogP contribution is -2.27. The maximum absolute atomic E-state index is 5.47. The molecule has 0 atom stereocenters. The van der Waals surface area contributed by atoms with Gasteiger partial charge in [0.05, 0.1) is 6.61 Å². The van der Waals surface area contributed by atoms with Crippen molar-refractivity contribution < 1.29 is 4.74 Å². The highest BCUT2D eigenvalue weighted by atomic mass is 16.5. The number of ether oxygens (including phenoxy) is 1. The van der Waals surface area contributed by atoms with E-state index >= 15 is 0 Å². The number of hydrogen-bond donors (Lipinski definition) is 1. The van der Waals surface area contributed by atoms with Crippen molar-refractivity contribution in [3.8, 4) is 0 Å². The van der Waals surface area contributed by atoms with Gasteiger partial charge in [-0.1, -0.05) is 13.0 Å². The molecule has 1 aromatic rings. The van der Waals surface area contributed by atoms with Gasteiger partial charge >= 0.3 is 0 Å². The zero-order valence-electron chi connectivity index (χ0n) is 11.4. The first-order valence-corrected chi connectivity index (χ1v) is 6.81. The number of nitrogens with zero attached hydrogens (tertiary/aromatic N) is 2. The van der Waals surface area contributed by atoms with Gasteiger partial charge in [-0.25, -0.2) is 4.98 Å². The van der Waals surface area contributed by atoms with Gasteiger partial charge in [-0.3, -0.25) is 0 Å². The van der Waals surface area contributed by atoms with Crippen molar-refractivity contribution in [2.24, 2.45) is 0 Å². The van der Waals surface area contributed by atoms with Crippen LogP contribution in [0.5, 0.6) is 0 Å². The Hall–Kier alpha value is -1.13. The van der Waals surface area contributed by atoms with Crippen LogP contribution in [0, 0.1) is 6.92 Å². The Balaban J connectivity index is 2.06. The Kier molecular flexibility index (Phi) is 4.96. The summed E-state index contributed by atoms with van der Waals surface area (Å²) in [5.41, 5.74) is 2.41. The Morgan fingerprint density at radius 2 is 2.22 bits per heavy atom. The summed E-state index contributed by atoms with van der Waals surface area (Å²) in [4.78, 5) is 7.04. The predicted octanol–water partition coefficient (Wildman–Crippen LogP) is 1.73. The molecule has 1 aromatic heterocycles. The predicted molar refractivity (Wildman–Crippen MR) is 74.0 cm³/mol. The Morgan fingerprint density at radius 1 is 1.33 bits per heavy atom. The molecule has 0 aromatic carbocycles. The normalized spacial score (nSPS) is 16.7. The topological polar surface area (TPSA) is 37.4 Å². The lowest BCUT2D eigenvalue weighted by Gasteiger charge is -2.21. The molecule has 0 saturated carbocycles. The highest BCUT2D eigenvalue weighted by Crippen LogP contribution is 2.16. The van der Waals surface area contributed by atoms with Crippen molar-refractivity contribution in [2.45, 2.75) is 26.8 Å². The molecule has 1 fully saturated rings. The lowest BCUT2D eigenvalue weighted by atomic mass is 10.2. The summed E-state index contributed by atoms with van der Waals surface area (Å²) in [7, 11) is 0. The van der Waals surface area contributed by atoms with Gasteiger partial charge in [0.1, 0.15) is 5.82 Å². The molecule has 2 rings (SSSR count). The molecule has 0 bridgehead atoms. The van der Waals surface area contributed by atoms with Crippen LogP contribution in [0.1, 0.15) is 24.6 Å². The number of aromatic nitrogens is 1. The molecule has 18 heavy (non-hydrogen) atoms. The second kappa shape index (κ2) is 6.71. The van der Waals surface area contributed by atoms with Crippen molar-refractivity contribution in [2.75, 3.05) is 37.7 Å². The SMILES string of the molecule is CCNCc1ccc(N2CCCOCC2)nc1C. The van der Waals surface area contributed by atoms with Gasteiger partial charge in [-0.15, -0.1) is 0 Å². The van der Waals surface area contributed by atoms with Crippen LogP contribution in [0.25, 0.3) is 0 Å². The van der Waals surface area contributed by atoms with E-state index in [4.69, 9.17) is 9.72 Å². The van der Waals surface area contributed by atoms with Gasteiger partial charge < -0.3 is 15.0 Å². The Bertz CT molecular complexity index is 373. The average Bonchev–Trinajstić information content (AvgIpc) is 2.66. The van der Waals surface area contributed by atoms with Crippen molar-refractivity contribution in [1.82, 2.24) is 10.3 Å². The summed E-state index contributed by atoms with van der Waals surface area (Å²) < 4.78 is 5.47. The van der Waals surface area contributed by atoms with Crippen molar-refractivity contribution >= 4 is 5.82 Å². The van der Waals surface area contributed by atoms with Crippen molar-refractivity contribution in [1.29, 1.82) is 0 Å². The minimum absolute atomic E-state index is 0.805. The molecule has 1 saturated heterocycles. The van der Waals surface area contributed by atoms with Gasteiger partial charge in [0, 0.05) is 31.9 Å². The first-order valence-electron chi connectivity index (χ1n) is 6.81. The van der Waals surface area contributed by atoms with Crippen LogP contribution in [0.15, 0.2) is 12.1 Å². The molecule has 1 N–H and O–H groups in total. The van der Waals surface area contributed by atoms with E-state index in [1.54, 1.807) is 0 Å². The molecule has 0 radical (unpaired) electrons. The van der Waals surface area contributed by atoms with Crippen LogP contribution in [0.2, 0.25) is 0 Å². The summed E-state index contributed by atoms with van der Waals surface area (Å²) in [6.45, 7) is 9.76. The van der Waals surface area contributed by atoms with Gasteiger partial charge in [-0.05, 0) is 31.5 Å².